The smallest absolute Gasteiger partial charge is 0.217 e. The van der Waals surface area contributed by atoms with Gasteiger partial charge in [0.15, 0.2) is 5.84 Å². The van der Waals surface area contributed by atoms with E-state index in [1.165, 1.54) is 29.2 Å². The highest BCUT2D eigenvalue weighted by atomic mass is 32.2. The number of aliphatic imine (C=N–C) groups is 2. The second kappa shape index (κ2) is 12.1. The molecule has 2 aromatic heterocycles. The van der Waals surface area contributed by atoms with Crippen LogP contribution in [0.1, 0.15) is 23.8 Å². The van der Waals surface area contributed by atoms with Gasteiger partial charge in [-0.05, 0) is 62.7 Å². The van der Waals surface area contributed by atoms with Crippen molar-refractivity contribution in [1.29, 1.82) is 5.41 Å². The molecule has 208 valence electrons. The normalized spacial score (nSPS) is 16.1. The second-order valence-electron chi connectivity index (χ2n) is 9.56. The fourth-order valence-electron chi connectivity index (χ4n) is 4.08. The molecule has 40 heavy (non-hydrogen) atoms. The van der Waals surface area contributed by atoms with Crippen LogP contribution in [-0.2, 0) is 0 Å². The van der Waals surface area contributed by atoms with Crippen LogP contribution in [0.2, 0.25) is 0 Å². The van der Waals surface area contributed by atoms with Gasteiger partial charge in [-0.15, -0.1) is 11.3 Å². The van der Waals surface area contributed by atoms with Crippen LogP contribution in [0, 0.1) is 12.3 Å². The maximum Gasteiger partial charge on any atom is 0.217 e. The molecule has 2 aromatic rings. The number of aromatic hydroxyl groups is 2. The predicted octanol–water partition coefficient (Wildman–Crippen LogP) is 5.37. The Bertz CT molecular complexity index is 1530. The minimum absolute atomic E-state index is 0.119. The third-order valence-corrected chi connectivity index (χ3v) is 8.37. The Labute approximate surface area is 242 Å². The molecule has 4 rings (SSSR count). The lowest BCUT2D eigenvalue weighted by molar-refractivity contribution is 0.367. The number of hydrogen-bond acceptors (Lipinski definition) is 9. The Kier molecular flexibility index (Phi) is 8.79. The van der Waals surface area contributed by atoms with Gasteiger partial charge in [-0.2, -0.15) is 4.68 Å². The number of allylic oxidation sites excluding steroid dienone is 7. The molecule has 3 heterocycles. The fraction of sp³-hybridized carbons (Fsp3) is 0.207. The molecule has 0 saturated carbocycles. The number of hydrogen-bond donors (Lipinski definition) is 4. The summed E-state index contributed by atoms with van der Waals surface area (Å²) in [5.41, 5.74) is 4.80. The Morgan fingerprint density at radius 1 is 1.12 bits per heavy atom. The van der Waals surface area contributed by atoms with Gasteiger partial charge in [-0.1, -0.05) is 43.1 Å². The highest BCUT2D eigenvalue weighted by molar-refractivity contribution is 8.18. The van der Waals surface area contributed by atoms with Crippen LogP contribution < -0.4 is 11.0 Å². The molecule has 0 aromatic carbocycles. The van der Waals surface area contributed by atoms with E-state index in [-0.39, 0.29) is 17.6 Å². The molecule has 0 radical (unpaired) electrons. The van der Waals surface area contributed by atoms with Crippen molar-refractivity contribution < 1.29 is 10.2 Å². The SMILES string of the molecule is C=C(CCN(C)C)N=C1C=CC(=C2SC(=NC(=N)c3cccs3)C(C(=C)N(N)n3c(O)cc(C)c3O)=C2C)C=C1. The monoisotopic (exact) mass is 575 g/mol. The summed E-state index contributed by atoms with van der Waals surface area (Å²) in [7, 11) is 4.04. The predicted molar refractivity (Wildman–Crippen MR) is 168 cm³/mol. The molecule has 0 fully saturated rings. The van der Waals surface area contributed by atoms with E-state index >= 15 is 0 Å². The van der Waals surface area contributed by atoms with Crippen molar-refractivity contribution in [3.63, 3.8) is 0 Å². The molecule has 5 N–H and O–H groups in total. The van der Waals surface area contributed by atoms with E-state index in [1.54, 1.807) is 6.92 Å². The molecule has 0 unspecified atom stereocenters. The first-order valence-corrected chi connectivity index (χ1v) is 14.1. The number of aryl methyl sites for hydroxylation is 1. The zero-order valence-electron chi connectivity index (χ0n) is 23.0. The summed E-state index contributed by atoms with van der Waals surface area (Å²) >= 11 is 2.85. The van der Waals surface area contributed by atoms with Crippen LogP contribution in [0.3, 0.4) is 0 Å². The van der Waals surface area contributed by atoms with Crippen LogP contribution in [0.15, 0.2) is 104 Å². The summed E-state index contributed by atoms with van der Waals surface area (Å²) in [4.78, 5) is 13.0. The number of rotatable bonds is 8. The maximum absolute atomic E-state index is 10.5. The fourth-order valence-corrected chi connectivity index (χ4v) is 5.91. The second-order valence-corrected chi connectivity index (χ2v) is 11.5. The summed E-state index contributed by atoms with van der Waals surface area (Å²) < 4.78 is 1.07. The van der Waals surface area contributed by atoms with Crippen LogP contribution in [0.4, 0.5) is 0 Å². The summed E-state index contributed by atoms with van der Waals surface area (Å²) in [6, 6.07) is 5.13. The van der Waals surface area contributed by atoms with Crippen molar-refractivity contribution in [3.05, 3.63) is 105 Å². The standard InChI is InChI=1S/C29H33N7O2S2/c1-17-16-24(37)35(29(17)38)36(31)20(4)25-19(3)26(40-28(25)33-27(30)23-8-7-15-39-23)21-9-11-22(12-10-21)32-18(2)13-14-34(5)6/h7-12,15-16,30,37-38H,2,4,13-14,31H2,1,3,5-6H3. The van der Waals surface area contributed by atoms with E-state index in [0.29, 0.717) is 21.9 Å². The van der Waals surface area contributed by atoms with Crippen LogP contribution in [0.25, 0.3) is 0 Å². The van der Waals surface area contributed by atoms with E-state index in [1.807, 2.05) is 62.8 Å². The maximum atomic E-state index is 10.5. The zero-order chi connectivity index (χ0) is 29.1. The topological polar surface area (TPSA) is 126 Å². The number of thiophene rings is 1. The Hall–Kier alpha value is -3.90. The number of aromatic nitrogens is 1. The molecule has 0 amide bonds. The lowest BCUT2D eigenvalue weighted by Crippen LogP contribution is -2.40. The first-order valence-electron chi connectivity index (χ1n) is 12.4. The first-order chi connectivity index (χ1) is 19.0. The Morgan fingerprint density at radius 3 is 2.40 bits per heavy atom. The van der Waals surface area contributed by atoms with Crippen molar-refractivity contribution >= 4 is 39.7 Å². The quantitative estimate of drug-likeness (QED) is 0.145. The van der Waals surface area contributed by atoms with Crippen molar-refractivity contribution in [2.45, 2.75) is 20.3 Å². The van der Waals surface area contributed by atoms with E-state index in [9.17, 15) is 10.2 Å². The minimum atomic E-state index is -0.233. The molecule has 2 aliphatic rings. The van der Waals surface area contributed by atoms with E-state index in [0.717, 1.165) is 55.1 Å². The van der Waals surface area contributed by atoms with Crippen molar-refractivity contribution in [2.75, 3.05) is 25.8 Å². The molecule has 9 nitrogen and oxygen atoms in total. The van der Waals surface area contributed by atoms with Crippen LogP contribution >= 0.6 is 23.1 Å². The first kappa shape index (κ1) is 29.1. The number of nitrogens with two attached hydrogens (primary N) is 1. The van der Waals surface area contributed by atoms with Gasteiger partial charge in [0.1, 0.15) is 5.04 Å². The Morgan fingerprint density at radius 2 is 1.82 bits per heavy atom. The van der Waals surface area contributed by atoms with Crippen molar-refractivity contribution in [3.8, 4) is 11.8 Å². The third kappa shape index (κ3) is 6.13. The lowest BCUT2D eigenvalue weighted by atomic mass is 10.0. The third-order valence-electron chi connectivity index (χ3n) is 6.26. The van der Waals surface area contributed by atoms with Crippen molar-refractivity contribution in [1.82, 2.24) is 9.58 Å². The number of amidine groups is 1. The summed E-state index contributed by atoms with van der Waals surface area (Å²) in [6.45, 7) is 12.7. The number of nitrogens with one attached hydrogen (secondary N) is 1. The van der Waals surface area contributed by atoms with Crippen LogP contribution in [-0.4, -0.2) is 57.0 Å². The summed E-state index contributed by atoms with van der Waals surface area (Å²) in [6.07, 6.45) is 8.66. The molecular weight excluding hydrogens is 543 g/mol. The van der Waals surface area contributed by atoms with Crippen molar-refractivity contribution in [2.24, 2.45) is 15.8 Å². The highest BCUT2D eigenvalue weighted by Gasteiger charge is 2.31. The molecule has 1 aliphatic heterocycles. The minimum Gasteiger partial charge on any atom is -0.493 e. The zero-order valence-corrected chi connectivity index (χ0v) is 24.6. The Balaban J connectivity index is 1.71. The summed E-state index contributed by atoms with van der Waals surface area (Å²) in [5.74, 6) is 6.05. The van der Waals surface area contributed by atoms with E-state index in [4.69, 9.17) is 11.3 Å². The van der Waals surface area contributed by atoms with Gasteiger partial charge in [-0.25, -0.2) is 16.0 Å². The van der Waals surface area contributed by atoms with Gasteiger partial charge >= 0.3 is 0 Å². The number of nitrogens with zero attached hydrogens (tertiary/aromatic N) is 5. The van der Waals surface area contributed by atoms with Gasteiger partial charge in [0.25, 0.3) is 0 Å². The van der Waals surface area contributed by atoms with Gasteiger partial charge in [0.2, 0.25) is 11.8 Å². The van der Waals surface area contributed by atoms with Gasteiger partial charge in [0, 0.05) is 40.8 Å². The molecule has 0 bridgehead atoms. The number of hydrazine groups is 1. The van der Waals surface area contributed by atoms with Crippen LogP contribution in [0.5, 0.6) is 11.8 Å². The van der Waals surface area contributed by atoms with Gasteiger partial charge in [0.05, 0.1) is 16.3 Å². The molecule has 1 aliphatic carbocycles. The van der Waals surface area contributed by atoms with Gasteiger partial charge < -0.3 is 15.1 Å². The molecule has 0 atom stereocenters. The molecule has 11 heteroatoms. The largest absolute Gasteiger partial charge is 0.493 e. The highest BCUT2D eigenvalue weighted by Crippen LogP contribution is 2.44. The number of thioether (sulfide) groups is 1. The van der Waals surface area contributed by atoms with E-state index in [2.05, 4.69) is 28.0 Å². The summed E-state index contributed by atoms with van der Waals surface area (Å²) in [5, 5.41) is 33.0. The molecular formula is C29H33N7O2S2. The molecule has 0 saturated heterocycles. The lowest BCUT2D eigenvalue weighted by Gasteiger charge is -2.24. The molecule has 0 spiro atoms. The average Bonchev–Trinajstić information content (AvgIpc) is 3.61. The average molecular weight is 576 g/mol. The van der Waals surface area contributed by atoms with Gasteiger partial charge in [-0.3, -0.25) is 10.4 Å². The van der Waals surface area contributed by atoms with E-state index < -0.39 is 0 Å².